The van der Waals surface area contributed by atoms with Crippen LogP contribution in [0.25, 0.3) is 0 Å². The van der Waals surface area contributed by atoms with Gasteiger partial charge in [0.1, 0.15) is 17.1 Å². The highest BCUT2D eigenvalue weighted by molar-refractivity contribution is 5.83. The van der Waals surface area contributed by atoms with Gasteiger partial charge in [-0.15, -0.1) is 0 Å². The maximum absolute atomic E-state index is 11.6. The van der Waals surface area contributed by atoms with E-state index in [9.17, 15) is 9.90 Å². The van der Waals surface area contributed by atoms with Crippen molar-refractivity contribution in [3.8, 4) is 11.5 Å². The molecule has 0 aliphatic carbocycles. The Morgan fingerprint density at radius 1 is 1.26 bits per heavy atom. The van der Waals surface area contributed by atoms with E-state index < -0.39 is 11.5 Å². The van der Waals surface area contributed by atoms with Gasteiger partial charge in [0, 0.05) is 12.1 Å². The van der Waals surface area contributed by atoms with Gasteiger partial charge in [0.25, 0.3) is 5.91 Å². The number of benzene rings is 1. The molecule has 1 rings (SSSR count). The number of aliphatic hydroxyl groups is 1. The smallest absolute Gasteiger partial charge is 0.251 e. The highest BCUT2D eigenvalue weighted by Crippen LogP contribution is 2.28. The minimum absolute atomic E-state index is 0.267. The monoisotopic (exact) mass is 267 g/mol. The van der Waals surface area contributed by atoms with Gasteiger partial charge in [-0.2, -0.15) is 0 Å². The highest BCUT2D eigenvalue weighted by Gasteiger charge is 2.23. The van der Waals surface area contributed by atoms with Crippen molar-refractivity contribution in [1.82, 2.24) is 5.32 Å². The Kier molecular flexibility index (Phi) is 4.78. The predicted octanol–water partition coefficient (Wildman–Crippen LogP) is 1.40. The molecule has 1 aromatic carbocycles. The molecule has 1 amide bonds. The summed E-state index contributed by atoms with van der Waals surface area (Å²) in [5, 5.41) is 12.2. The minimum atomic E-state index is -1.40. The van der Waals surface area contributed by atoms with E-state index >= 15 is 0 Å². The van der Waals surface area contributed by atoms with Gasteiger partial charge in [-0.05, 0) is 38.5 Å². The van der Waals surface area contributed by atoms with Crippen molar-refractivity contribution < 1.29 is 19.4 Å². The van der Waals surface area contributed by atoms with E-state index in [1.807, 2.05) is 19.1 Å². The van der Waals surface area contributed by atoms with E-state index in [0.717, 1.165) is 16.9 Å². The lowest BCUT2D eigenvalue weighted by atomic mass is 10.1. The Morgan fingerprint density at radius 2 is 1.84 bits per heavy atom. The van der Waals surface area contributed by atoms with Crippen LogP contribution < -0.4 is 14.8 Å². The molecule has 0 spiro atoms. The first kappa shape index (κ1) is 15.3. The Balaban J connectivity index is 2.91. The van der Waals surface area contributed by atoms with E-state index in [1.54, 1.807) is 14.2 Å². The standard InChI is InChI=1S/C14H21NO4/c1-9-6-12(19-5)10(7-11(9)18-4)8-15-13(16)14(2,3)17/h6-7,17H,8H2,1-5H3,(H,15,16). The summed E-state index contributed by atoms with van der Waals surface area (Å²) >= 11 is 0. The molecule has 2 N–H and O–H groups in total. The van der Waals surface area contributed by atoms with Crippen LogP contribution in [0, 0.1) is 6.92 Å². The van der Waals surface area contributed by atoms with Crippen molar-refractivity contribution in [3.63, 3.8) is 0 Å². The number of nitrogens with one attached hydrogen (secondary N) is 1. The molecule has 106 valence electrons. The molecule has 19 heavy (non-hydrogen) atoms. The summed E-state index contributed by atoms with van der Waals surface area (Å²) < 4.78 is 10.5. The average Bonchev–Trinajstić information content (AvgIpc) is 2.35. The first-order valence-corrected chi connectivity index (χ1v) is 6.01. The number of methoxy groups -OCH3 is 2. The third-order valence-electron chi connectivity index (χ3n) is 2.79. The Hall–Kier alpha value is -1.75. The maximum atomic E-state index is 11.6. The lowest BCUT2D eigenvalue weighted by Gasteiger charge is -2.18. The molecule has 5 nitrogen and oxygen atoms in total. The molecule has 0 heterocycles. The first-order chi connectivity index (χ1) is 8.79. The highest BCUT2D eigenvalue weighted by atomic mass is 16.5. The fraction of sp³-hybridized carbons (Fsp3) is 0.500. The van der Waals surface area contributed by atoms with Crippen LogP contribution in [0.2, 0.25) is 0 Å². The van der Waals surface area contributed by atoms with Crippen molar-refractivity contribution in [1.29, 1.82) is 0 Å². The number of ether oxygens (including phenoxy) is 2. The van der Waals surface area contributed by atoms with Crippen LogP contribution in [0.3, 0.4) is 0 Å². The molecule has 0 unspecified atom stereocenters. The molecule has 0 bridgehead atoms. The topological polar surface area (TPSA) is 67.8 Å². The second-order valence-electron chi connectivity index (χ2n) is 4.88. The van der Waals surface area contributed by atoms with Crippen LogP contribution in [0.15, 0.2) is 12.1 Å². The van der Waals surface area contributed by atoms with Crippen LogP contribution in [0.4, 0.5) is 0 Å². The number of carbonyl (C=O) groups excluding carboxylic acids is 1. The molecule has 0 atom stereocenters. The largest absolute Gasteiger partial charge is 0.496 e. The number of rotatable bonds is 5. The molecule has 0 aliphatic rings. The van der Waals surface area contributed by atoms with Gasteiger partial charge >= 0.3 is 0 Å². The zero-order chi connectivity index (χ0) is 14.6. The van der Waals surface area contributed by atoms with Crippen LogP contribution in [-0.2, 0) is 11.3 Å². The second-order valence-corrected chi connectivity index (χ2v) is 4.88. The summed E-state index contributed by atoms with van der Waals surface area (Å²) in [5.41, 5.74) is 0.349. The third kappa shape index (κ3) is 3.86. The van der Waals surface area contributed by atoms with E-state index in [0.29, 0.717) is 5.75 Å². The van der Waals surface area contributed by atoms with Gasteiger partial charge in [-0.3, -0.25) is 4.79 Å². The Bertz CT molecular complexity index is 463. The van der Waals surface area contributed by atoms with Crippen LogP contribution in [0.5, 0.6) is 11.5 Å². The van der Waals surface area contributed by atoms with Crippen molar-refractivity contribution >= 4 is 5.91 Å². The molecule has 0 saturated carbocycles. The van der Waals surface area contributed by atoms with Gasteiger partial charge < -0.3 is 19.9 Å². The SMILES string of the molecule is COc1cc(CNC(=O)C(C)(C)O)c(OC)cc1C. The lowest BCUT2D eigenvalue weighted by Crippen LogP contribution is -2.41. The minimum Gasteiger partial charge on any atom is -0.496 e. The summed E-state index contributed by atoms with van der Waals surface area (Å²) in [6.45, 7) is 5.06. The van der Waals surface area contributed by atoms with Crippen molar-refractivity contribution in [2.45, 2.75) is 32.9 Å². The molecule has 1 aromatic rings. The number of carbonyl (C=O) groups is 1. The summed E-state index contributed by atoms with van der Waals surface area (Å²) in [7, 11) is 3.16. The number of hydrogen-bond donors (Lipinski definition) is 2. The number of aryl methyl sites for hydroxylation is 1. The Morgan fingerprint density at radius 3 is 2.32 bits per heavy atom. The van der Waals surface area contributed by atoms with Gasteiger partial charge in [0.2, 0.25) is 0 Å². The van der Waals surface area contributed by atoms with Gasteiger partial charge in [-0.1, -0.05) is 0 Å². The fourth-order valence-electron chi connectivity index (χ4n) is 1.64. The zero-order valence-corrected chi connectivity index (χ0v) is 12.0. The summed E-state index contributed by atoms with van der Waals surface area (Å²) in [6, 6.07) is 3.67. The lowest BCUT2D eigenvalue weighted by molar-refractivity contribution is -0.136. The molecule has 0 aliphatic heterocycles. The molecule has 0 saturated heterocycles. The van der Waals surface area contributed by atoms with Crippen LogP contribution in [-0.4, -0.2) is 30.8 Å². The normalized spacial score (nSPS) is 11.1. The maximum Gasteiger partial charge on any atom is 0.251 e. The van der Waals surface area contributed by atoms with Crippen molar-refractivity contribution in [2.75, 3.05) is 14.2 Å². The van der Waals surface area contributed by atoms with Gasteiger partial charge in [-0.25, -0.2) is 0 Å². The third-order valence-corrected chi connectivity index (χ3v) is 2.79. The van der Waals surface area contributed by atoms with E-state index in [-0.39, 0.29) is 6.54 Å². The predicted molar refractivity (Wildman–Crippen MR) is 72.4 cm³/mol. The molecular weight excluding hydrogens is 246 g/mol. The molecule has 0 radical (unpaired) electrons. The van der Waals surface area contributed by atoms with Crippen LogP contribution >= 0.6 is 0 Å². The van der Waals surface area contributed by atoms with Crippen LogP contribution in [0.1, 0.15) is 25.0 Å². The summed E-state index contributed by atoms with van der Waals surface area (Å²) in [5.74, 6) is 0.969. The first-order valence-electron chi connectivity index (χ1n) is 6.01. The molecule has 0 aromatic heterocycles. The zero-order valence-electron chi connectivity index (χ0n) is 12.0. The average molecular weight is 267 g/mol. The van der Waals surface area contributed by atoms with Gasteiger partial charge in [0.05, 0.1) is 14.2 Å². The van der Waals surface area contributed by atoms with E-state index in [4.69, 9.17) is 9.47 Å². The molecule has 5 heteroatoms. The van der Waals surface area contributed by atoms with E-state index in [2.05, 4.69) is 5.32 Å². The number of hydrogen-bond acceptors (Lipinski definition) is 4. The molecule has 0 fully saturated rings. The van der Waals surface area contributed by atoms with Crippen molar-refractivity contribution in [3.05, 3.63) is 23.3 Å². The fourth-order valence-corrected chi connectivity index (χ4v) is 1.64. The van der Waals surface area contributed by atoms with Gasteiger partial charge in [0.15, 0.2) is 0 Å². The Labute approximate surface area is 113 Å². The second kappa shape index (κ2) is 5.93. The molecular formula is C14H21NO4. The summed E-state index contributed by atoms with van der Waals surface area (Å²) in [6.07, 6.45) is 0. The van der Waals surface area contributed by atoms with E-state index in [1.165, 1.54) is 13.8 Å². The number of amides is 1. The summed E-state index contributed by atoms with van der Waals surface area (Å²) in [4.78, 5) is 11.6. The van der Waals surface area contributed by atoms with Crippen molar-refractivity contribution in [2.24, 2.45) is 0 Å². The quantitative estimate of drug-likeness (QED) is 0.846.